The van der Waals surface area contributed by atoms with Gasteiger partial charge in [-0.1, -0.05) is 6.07 Å². The maximum Gasteiger partial charge on any atom is 0.245 e. The van der Waals surface area contributed by atoms with Gasteiger partial charge < -0.3 is 15.2 Å². The van der Waals surface area contributed by atoms with Gasteiger partial charge in [-0.25, -0.2) is 15.0 Å². The fraction of sp³-hybridized carbons (Fsp3) is 0.368. The highest BCUT2D eigenvalue weighted by Crippen LogP contribution is 2.29. The molecule has 0 bridgehead atoms. The van der Waals surface area contributed by atoms with Crippen LogP contribution in [0.1, 0.15) is 37.5 Å². The number of hydrogen-bond donors (Lipinski definition) is 1. The predicted octanol–water partition coefficient (Wildman–Crippen LogP) is 1.42. The lowest BCUT2D eigenvalue weighted by Crippen LogP contribution is -2.41. The minimum atomic E-state index is -0.417. The number of carbonyl (C=O) groups is 1. The molecular formula is C19H21N9O. The summed E-state index contributed by atoms with van der Waals surface area (Å²) >= 11 is 0. The second-order valence-electron chi connectivity index (χ2n) is 7.35. The zero-order valence-electron chi connectivity index (χ0n) is 16.0. The van der Waals surface area contributed by atoms with E-state index in [9.17, 15) is 4.79 Å². The van der Waals surface area contributed by atoms with E-state index in [2.05, 4.69) is 25.1 Å². The van der Waals surface area contributed by atoms with Crippen molar-refractivity contribution in [3.05, 3.63) is 42.9 Å². The summed E-state index contributed by atoms with van der Waals surface area (Å²) in [7, 11) is 0. The molecule has 1 aliphatic heterocycles. The minimum Gasteiger partial charge on any atom is -0.382 e. The van der Waals surface area contributed by atoms with Crippen LogP contribution < -0.4 is 5.73 Å². The molecule has 4 aromatic rings. The molecule has 0 radical (unpaired) electrons. The SMILES string of the molecule is CC(C(=O)N1CCC(c2nnc3ccccn23)CC1)n1cnc2c(N)ncnc21. The van der Waals surface area contributed by atoms with Gasteiger partial charge in [0.05, 0.1) is 6.33 Å². The van der Waals surface area contributed by atoms with Gasteiger partial charge in [-0.3, -0.25) is 9.20 Å². The van der Waals surface area contributed by atoms with Crippen molar-refractivity contribution < 1.29 is 4.79 Å². The zero-order valence-corrected chi connectivity index (χ0v) is 16.0. The third-order valence-corrected chi connectivity index (χ3v) is 5.67. The largest absolute Gasteiger partial charge is 0.382 e. The number of pyridine rings is 1. The summed E-state index contributed by atoms with van der Waals surface area (Å²) in [6.45, 7) is 3.22. The number of imidazole rings is 1. The van der Waals surface area contributed by atoms with E-state index in [1.54, 1.807) is 10.9 Å². The molecule has 29 heavy (non-hydrogen) atoms. The number of hydrogen-bond acceptors (Lipinski definition) is 7. The molecule has 10 heteroatoms. The molecule has 1 saturated heterocycles. The lowest BCUT2D eigenvalue weighted by atomic mass is 9.95. The Morgan fingerprint density at radius 3 is 2.83 bits per heavy atom. The summed E-state index contributed by atoms with van der Waals surface area (Å²) in [5, 5.41) is 8.62. The number of nitrogen functional groups attached to an aromatic ring is 1. The summed E-state index contributed by atoms with van der Waals surface area (Å²) in [4.78, 5) is 27.5. The third kappa shape index (κ3) is 2.87. The van der Waals surface area contributed by atoms with Gasteiger partial charge in [-0.05, 0) is 31.9 Å². The number of nitrogens with zero attached hydrogens (tertiary/aromatic N) is 8. The van der Waals surface area contributed by atoms with Crippen molar-refractivity contribution in [1.82, 2.24) is 39.0 Å². The van der Waals surface area contributed by atoms with E-state index in [1.807, 2.05) is 40.6 Å². The number of piperidine rings is 1. The van der Waals surface area contributed by atoms with Gasteiger partial charge in [0.1, 0.15) is 23.7 Å². The molecule has 2 N–H and O–H groups in total. The number of fused-ring (bicyclic) bond motifs is 2. The lowest BCUT2D eigenvalue weighted by Gasteiger charge is -2.33. The Labute approximate surface area is 166 Å². The normalized spacial score (nSPS) is 16.5. The quantitative estimate of drug-likeness (QED) is 0.561. The van der Waals surface area contributed by atoms with Gasteiger partial charge in [-0.2, -0.15) is 0 Å². The van der Waals surface area contributed by atoms with Crippen molar-refractivity contribution in [3.8, 4) is 0 Å². The second-order valence-corrected chi connectivity index (χ2v) is 7.35. The second kappa shape index (κ2) is 6.80. The van der Waals surface area contributed by atoms with Crippen LogP contribution in [0, 0.1) is 0 Å². The van der Waals surface area contributed by atoms with Crippen molar-refractivity contribution in [2.75, 3.05) is 18.8 Å². The molecule has 0 aliphatic carbocycles. The molecule has 0 saturated carbocycles. The Morgan fingerprint density at radius 1 is 1.17 bits per heavy atom. The Balaban J connectivity index is 1.31. The molecule has 1 atom stereocenters. The first-order valence-electron chi connectivity index (χ1n) is 9.65. The fourth-order valence-electron chi connectivity index (χ4n) is 4.03. The van der Waals surface area contributed by atoms with Crippen molar-refractivity contribution >= 4 is 28.5 Å². The Kier molecular flexibility index (Phi) is 4.11. The average Bonchev–Trinajstić information content (AvgIpc) is 3.38. The molecule has 5 rings (SSSR count). The Hall–Kier alpha value is -3.56. The van der Waals surface area contributed by atoms with Gasteiger partial charge in [0, 0.05) is 25.2 Å². The molecule has 1 amide bonds. The molecule has 4 aromatic heterocycles. The number of likely N-dealkylation sites (tertiary alicyclic amines) is 1. The number of rotatable bonds is 3. The van der Waals surface area contributed by atoms with Crippen LogP contribution in [0.2, 0.25) is 0 Å². The number of aromatic nitrogens is 7. The highest BCUT2D eigenvalue weighted by Gasteiger charge is 2.30. The highest BCUT2D eigenvalue weighted by molar-refractivity contribution is 5.85. The van der Waals surface area contributed by atoms with Crippen molar-refractivity contribution in [2.45, 2.75) is 31.7 Å². The van der Waals surface area contributed by atoms with E-state index < -0.39 is 6.04 Å². The topological polar surface area (TPSA) is 120 Å². The van der Waals surface area contributed by atoms with Crippen LogP contribution in [0.15, 0.2) is 37.1 Å². The molecule has 0 aromatic carbocycles. The van der Waals surface area contributed by atoms with Crippen molar-refractivity contribution in [1.29, 1.82) is 0 Å². The van der Waals surface area contributed by atoms with E-state index in [4.69, 9.17) is 5.73 Å². The smallest absolute Gasteiger partial charge is 0.245 e. The molecule has 10 nitrogen and oxygen atoms in total. The van der Waals surface area contributed by atoms with Crippen LogP contribution in [-0.2, 0) is 4.79 Å². The van der Waals surface area contributed by atoms with Crippen LogP contribution >= 0.6 is 0 Å². The number of anilines is 1. The number of carbonyl (C=O) groups excluding carboxylic acids is 1. The maximum atomic E-state index is 13.1. The monoisotopic (exact) mass is 391 g/mol. The first-order valence-corrected chi connectivity index (χ1v) is 9.65. The fourth-order valence-corrected chi connectivity index (χ4v) is 4.03. The van der Waals surface area contributed by atoms with Gasteiger partial charge in [0.2, 0.25) is 5.91 Å². The van der Waals surface area contributed by atoms with Crippen LogP contribution in [-0.4, -0.2) is 58.0 Å². The van der Waals surface area contributed by atoms with Crippen LogP contribution in [0.4, 0.5) is 5.82 Å². The predicted molar refractivity (Wildman–Crippen MR) is 106 cm³/mol. The highest BCUT2D eigenvalue weighted by atomic mass is 16.2. The zero-order chi connectivity index (χ0) is 20.0. The molecular weight excluding hydrogens is 370 g/mol. The summed E-state index contributed by atoms with van der Waals surface area (Å²) in [6, 6.07) is 5.46. The van der Waals surface area contributed by atoms with E-state index in [-0.39, 0.29) is 11.8 Å². The van der Waals surface area contributed by atoms with Crippen LogP contribution in [0.25, 0.3) is 16.8 Å². The van der Waals surface area contributed by atoms with Crippen LogP contribution in [0.3, 0.4) is 0 Å². The van der Waals surface area contributed by atoms with Crippen molar-refractivity contribution in [3.63, 3.8) is 0 Å². The first-order chi connectivity index (χ1) is 14.1. The average molecular weight is 391 g/mol. The lowest BCUT2D eigenvalue weighted by molar-refractivity contribution is -0.135. The minimum absolute atomic E-state index is 0.0473. The Morgan fingerprint density at radius 2 is 2.00 bits per heavy atom. The van der Waals surface area contributed by atoms with E-state index in [0.717, 1.165) is 24.3 Å². The third-order valence-electron chi connectivity index (χ3n) is 5.67. The maximum absolute atomic E-state index is 13.1. The standard InChI is InChI=1S/C19H21N9O/c1-12(28-11-23-15-16(20)21-10-22-18(15)28)19(29)26-8-5-13(6-9-26)17-25-24-14-4-2-3-7-27(14)17/h2-4,7,10-13H,5-6,8-9H2,1H3,(H2,20,21,22). The van der Waals surface area contributed by atoms with Crippen LogP contribution in [0.5, 0.6) is 0 Å². The van der Waals surface area contributed by atoms with E-state index >= 15 is 0 Å². The summed E-state index contributed by atoms with van der Waals surface area (Å²) in [5.41, 5.74) is 7.79. The van der Waals surface area contributed by atoms with E-state index in [1.165, 1.54) is 6.33 Å². The first kappa shape index (κ1) is 17.5. The van der Waals surface area contributed by atoms with Gasteiger partial charge in [0.15, 0.2) is 17.1 Å². The molecule has 148 valence electrons. The Bertz CT molecular complexity index is 1190. The molecule has 0 spiro atoms. The van der Waals surface area contributed by atoms with Crippen molar-refractivity contribution in [2.24, 2.45) is 0 Å². The summed E-state index contributed by atoms with van der Waals surface area (Å²) < 4.78 is 3.79. The summed E-state index contributed by atoms with van der Waals surface area (Å²) in [5.74, 6) is 1.61. The van der Waals surface area contributed by atoms with Gasteiger partial charge >= 0.3 is 0 Å². The number of nitrogens with two attached hydrogens (primary N) is 1. The number of amides is 1. The molecule has 5 heterocycles. The van der Waals surface area contributed by atoms with Gasteiger partial charge in [-0.15, -0.1) is 10.2 Å². The molecule has 1 unspecified atom stereocenters. The van der Waals surface area contributed by atoms with Gasteiger partial charge in [0.25, 0.3) is 0 Å². The summed E-state index contributed by atoms with van der Waals surface area (Å²) in [6.07, 6.45) is 6.69. The van der Waals surface area contributed by atoms with E-state index in [0.29, 0.717) is 30.1 Å². The molecule has 1 aliphatic rings. The molecule has 1 fully saturated rings.